The molecule has 1 heteroatoms. The van der Waals surface area contributed by atoms with E-state index in [-0.39, 0.29) is 0 Å². The van der Waals surface area contributed by atoms with Crippen LogP contribution >= 0.6 is 0 Å². The standard InChI is InChI=1S/C13H13O/c1-2-14-10-12-8-5-7-11-6-3-4-9-13(11)12/h3-10H,2H2,1H3. The summed E-state index contributed by atoms with van der Waals surface area (Å²) in [5, 5.41) is 2.49. The summed E-state index contributed by atoms with van der Waals surface area (Å²) in [5.74, 6) is 0. The second-order valence-electron chi connectivity index (χ2n) is 3.14. The summed E-state index contributed by atoms with van der Waals surface area (Å²) in [4.78, 5) is 0. The largest absolute Gasteiger partial charge is 0.371 e. The van der Waals surface area contributed by atoms with E-state index in [1.807, 2.05) is 31.7 Å². The number of ether oxygens (including phenoxy) is 1. The zero-order valence-corrected chi connectivity index (χ0v) is 8.23. The van der Waals surface area contributed by atoms with E-state index in [9.17, 15) is 0 Å². The summed E-state index contributed by atoms with van der Waals surface area (Å²) in [5.41, 5.74) is 1.14. The van der Waals surface area contributed by atoms with Crippen LogP contribution in [0.3, 0.4) is 0 Å². The molecule has 0 unspecified atom stereocenters. The van der Waals surface area contributed by atoms with Crippen LogP contribution in [0.2, 0.25) is 0 Å². The first-order valence-electron chi connectivity index (χ1n) is 4.84. The molecule has 1 radical (unpaired) electrons. The predicted molar refractivity (Wildman–Crippen MR) is 59.0 cm³/mol. The number of hydrogen-bond donors (Lipinski definition) is 0. The third kappa shape index (κ3) is 1.78. The third-order valence-corrected chi connectivity index (χ3v) is 2.20. The lowest BCUT2D eigenvalue weighted by atomic mass is 10.1. The van der Waals surface area contributed by atoms with Crippen molar-refractivity contribution < 1.29 is 4.74 Å². The van der Waals surface area contributed by atoms with Crippen LogP contribution in [0, 0.1) is 6.61 Å². The second kappa shape index (κ2) is 4.25. The highest BCUT2D eigenvalue weighted by Gasteiger charge is 1.99. The van der Waals surface area contributed by atoms with Crippen molar-refractivity contribution in [1.29, 1.82) is 0 Å². The lowest BCUT2D eigenvalue weighted by Gasteiger charge is -2.05. The summed E-state index contributed by atoms with van der Waals surface area (Å²) >= 11 is 0. The van der Waals surface area contributed by atoms with Crippen LogP contribution in [0.1, 0.15) is 12.5 Å². The fraction of sp³-hybridized carbons (Fsp3) is 0.154. The monoisotopic (exact) mass is 185 g/mol. The molecular weight excluding hydrogens is 172 g/mol. The molecule has 71 valence electrons. The van der Waals surface area contributed by atoms with Crippen LogP contribution in [-0.4, -0.2) is 6.61 Å². The average molecular weight is 185 g/mol. The maximum Gasteiger partial charge on any atom is 0.113 e. The van der Waals surface area contributed by atoms with Crippen LogP contribution < -0.4 is 0 Å². The highest BCUT2D eigenvalue weighted by atomic mass is 16.5. The Morgan fingerprint density at radius 3 is 2.71 bits per heavy atom. The first-order valence-corrected chi connectivity index (χ1v) is 4.84. The summed E-state index contributed by atoms with van der Waals surface area (Å²) in [7, 11) is 0. The first kappa shape index (κ1) is 9.22. The van der Waals surface area contributed by atoms with E-state index in [1.54, 1.807) is 0 Å². The van der Waals surface area contributed by atoms with Gasteiger partial charge in [0, 0.05) is 6.61 Å². The first-order chi connectivity index (χ1) is 6.92. The van der Waals surface area contributed by atoms with E-state index in [4.69, 9.17) is 4.74 Å². The molecule has 2 aromatic rings. The molecule has 0 atom stereocenters. The molecule has 0 aliphatic rings. The molecule has 0 aliphatic carbocycles. The van der Waals surface area contributed by atoms with Crippen molar-refractivity contribution in [3.63, 3.8) is 0 Å². The van der Waals surface area contributed by atoms with Gasteiger partial charge in [0.05, 0.1) is 0 Å². The summed E-state index contributed by atoms with van der Waals surface area (Å²) in [6.45, 7) is 4.52. The molecular formula is C13H13O. The normalized spacial score (nSPS) is 10.6. The smallest absolute Gasteiger partial charge is 0.113 e. The quantitative estimate of drug-likeness (QED) is 0.712. The maximum atomic E-state index is 5.30. The minimum atomic E-state index is 0.712. The molecule has 0 bridgehead atoms. The van der Waals surface area contributed by atoms with Crippen LogP contribution in [-0.2, 0) is 4.74 Å². The Labute approximate surface area is 84.3 Å². The van der Waals surface area contributed by atoms with Gasteiger partial charge in [-0.1, -0.05) is 42.5 Å². The van der Waals surface area contributed by atoms with E-state index in [2.05, 4.69) is 24.3 Å². The Hall–Kier alpha value is -1.34. The summed E-state index contributed by atoms with van der Waals surface area (Å²) in [6, 6.07) is 14.5. The van der Waals surface area contributed by atoms with Crippen molar-refractivity contribution >= 4 is 10.8 Å². The number of fused-ring (bicyclic) bond motifs is 1. The van der Waals surface area contributed by atoms with Crippen molar-refractivity contribution in [3.8, 4) is 0 Å². The zero-order valence-electron chi connectivity index (χ0n) is 8.23. The molecule has 0 aromatic heterocycles. The van der Waals surface area contributed by atoms with Crippen LogP contribution in [0.25, 0.3) is 10.8 Å². The molecule has 0 aliphatic heterocycles. The van der Waals surface area contributed by atoms with Crippen molar-refractivity contribution in [3.05, 3.63) is 54.6 Å². The number of hydrogen-bond acceptors (Lipinski definition) is 1. The van der Waals surface area contributed by atoms with Gasteiger partial charge in [0.1, 0.15) is 6.61 Å². The molecule has 0 fully saturated rings. The van der Waals surface area contributed by atoms with Crippen molar-refractivity contribution in [1.82, 2.24) is 0 Å². The minimum absolute atomic E-state index is 0.712. The molecule has 0 saturated carbocycles. The van der Waals surface area contributed by atoms with Gasteiger partial charge in [0.15, 0.2) is 0 Å². The molecule has 2 rings (SSSR count). The van der Waals surface area contributed by atoms with Gasteiger partial charge in [-0.25, -0.2) is 0 Å². The van der Waals surface area contributed by atoms with Crippen LogP contribution in [0.15, 0.2) is 42.5 Å². The Kier molecular flexibility index (Phi) is 2.80. The maximum absolute atomic E-state index is 5.30. The van der Waals surface area contributed by atoms with E-state index in [0.717, 1.165) is 5.56 Å². The molecule has 0 N–H and O–H groups in total. The van der Waals surface area contributed by atoms with E-state index >= 15 is 0 Å². The van der Waals surface area contributed by atoms with Crippen LogP contribution in [0.5, 0.6) is 0 Å². The highest BCUT2D eigenvalue weighted by molar-refractivity contribution is 5.86. The highest BCUT2D eigenvalue weighted by Crippen LogP contribution is 2.19. The van der Waals surface area contributed by atoms with Crippen LogP contribution in [0.4, 0.5) is 0 Å². The fourth-order valence-corrected chi connectivity index (χ4v) is 1.53. The van der Waals surface area contributed by atoms with E-state index in [0.29, 0.717) is 6.61 Å². The van der Waals surface area contributed by atoms with Gasteiger partial charge in [0.2, 0.25) is 0 Å². The Bertz CT molecular complexity index is 415. The van der Waals surface area contributed by atoms with Gasteiger partial charge in [0.25, 0.3) is 0 Å². The molecule has 14 heavy (non-hydrogen) atoms. The molecule has 2 aromatic carbocycles. The number of benzene rings is 2. The van der Waals surface area contributed by atoms with E-state index in [1.165, 1.54) is 10.8 Å². The van der Waals surface area contributed by atoms with Crippen molar-refractivity contribution in [2.24, 2.45) is 0 Å². The summed E-state index contributed by atoms with van der Waals surface area (Å²) < 4.78 is 5.30. The molecule has 0 amide bonds. The fourth-order valence-electron chi connectivity index (χ4n) is 1.53. The lowest BCUT2D eigenvalue weighted by Crippen LogP contribution is -1.89. The molecule has 0 saturated heterocycles. The van der Waals surface area contributed by atoms with Crippen molar-refractivity contribution in [2.75, 3.05) is 6.61 Å². The Morgan fingerprint density at radius 1 is 1.07 bits per heavy atom. The van der Waals surface area contributed by atoms with Gasteiger partial charge in [-0.2, -0.15) is 0 Å². The summed E-state index contributed by atoms with van der Waals surface area (Å²) in [6.07, 6.45) is 0. The zero-order chi connectivity index (χ0) is 9.80. The van der Waals surface area contributed by atoms with Gasteiger partial charge in [-0.05, 0) is 23.3 Å². The van der Waals surface area contributed by atoms with Gasteiger partial charge >= 0.3 is 0 Å². The molecule has 0 heterocycles. The SMILES string of the molecule is CCO[CH]c1cccc2ccccc12. The van der Waals surface area contributed by atoms with Crippen molar-refractivity contribution in [2.45, 2.75) is 6.92 Å². The average Bonchev–Trinajstić information content (AvgIpc) is 2.26. The van der Waals surface area contributed by atoms with Gasteiger partial charge < -0.3 is 4.74 Å². The lowest BCUT2D eigenvalue weighted by molar-refractivity contribution is 0.230. The Balaban J connectivity index is 2.43. The van der Waals surface area contributed by atoms with E-state index < -0.39 is 0 Å². The topological polar surface area (TPSA) is 9.23 Å². The predicted octanol–water partition coefficient (Wildman–Crippen LogP) is 3.39. The van der Waals surface area contributed by atoms with Gasteiger partial charge in [-0.3, -0.25) is 0 Å². The third-order valence-electron chi connectivity index (χ3n) is 2.20. The molecule has 0 spiro atoms. The van der Waals surface area contributed by atoms with Gasteiger partial charge in [-0.15, -0.1) is 0 Å². The Morgan fingerprint density at radius 2 is 1.86 bits per heavy atom. The number of rotatable bonds is 3. The minimum Gasteiger partial charge on any atom is -0.371 e. The second-order valence-corrected chi connectivity index (χ2v) is 3.14. The molecule has 1 nitrogen and oxygen atoms in total.